The zero-order valence-corrected chi connectivity index (χ0v) is 20.2. The first-order valence-electron chi connectivity index (χ1n) is 9.56. The van der Waals surface area contributed by atoms with Crippen LogP contribution in [0, 0.1) is 0 Å². The second kappa shape index (κ2) is 11.3. The standard InChI is InChI=1S/C21H33N5O.HI/c1-7-22-20(25-15-19-23-14-18(27-19)21(3,4)5)24-13-16(2)26(6)17-11-9-8-10-12-17;/h8-12,14,16H,7,13,15H2,1-6H3,(H2,22,24,25);1H. The number of aromatic nitrogens is 1. The smallest absolute Gasteiger partial charge is 0.216 e. The van der Waals surface area contributed by atoms with Crippen LogP contribution >= 0.6 is 24.0 Å². The van der Waals surface area contributed by atoms with E-state index in [0.29, 0.717) is 18.5 Å². The molecule has 0 amide bonds. The topological polar surface area (TPSA) is 65.7 Å². The molecule has 0 saturated heterocycles. The summed E-state index contributed by atoms with van der Waals surface area (Å²) in [6.45, 7) is 12.6. The van der Waals surface area contributed by atoms with Gasteiger partial charge in [0, 0.05) is 37.3 Å². The Bertz CT molecular complexity index is 724. The summed E-state index contributed by atoms with van der Waals surface area (Å²) in [6, 6.07) is 10.7. The lowest BCUT2D eigenvalue weighted by Gasteiger charge is -2.27. The van der Waals surface area contributed by atoms with Gasteiger partial charge in [0.2, 0.25) is 5.89 Å². The highest BCUT2D eigenvalue weighted by atomic mass is 127. The van der Waals surface area contributed by atoms with Crippen LogP contribution in [0.3, 0.4) is 0 Å². The van der Waals surface area contributed by atoms with E-state index in [4.69, 9.17) is 4.42 Å². The van der Waals surface area contributed by atoms with Crippen LogP contribution in [0.1, 0.15) is 46.3 Å². The summed E-state index contributed by atoms with van der Waals surface area (Å²) in [5.74, 6) is 2.27. The molecule has 2 rings (SSSR count). The molecule has 2 aromatic rings. The first kappa shape index (κ1) is 24.3. The van der Waals surface area contributed by atoms with Crippen LogP contribution in [-0.2, 0) is 12.0 Å². The lowest BCUT2D eigenvalue weighted by atomic mass is 9.94. The molecule has 1 atom stereocenters. The molecule has 0 aliphatic rings. The first-order chi connectivity index (χ1) is 12.8. The van der Waals surface area contributed by atoms with Crippen LogP contribution < -0.4 is 15.5 Å². The fraction of sp³-hybridized carbons (Fsp3) is 0.524. The minimum Gasteiger partial charge on any atom is -0.443 e. The summed E-state index contributed by atoms with van der Waals surface area (Å²) in [6.07, 6.45) is 1.79. The highest BCUT2D eigenvalue weighted by Gasteiger charge is 2.19. The van der Waals surface area contributed by atoms with E-state index in [9.17, 15) is 0 Å². The number of para-hydroxylation sites is 1. The molecule has 156 valence electrons. The van der Waals surface area contributed by atoms with Gasteiger partial charge in [-0.15, -0.1) is 24.0 Å². The summed E-state index contributed by atoms with van der Waals surface area (Å²) in [5.41, 5.74) is 1.15. The van der Waals surface area contributed by atoms with Crippen molar-refractivity contribution in [3.63, 3.8) is 0 Å². The number of halogens is 1. The van der Waals surface area contributed by atoms with E-state index in [2.05, 4.69) is 91.4 Å². The molecule has 1 aromatic heterocycles. The van der Waals surface area contributed by atoms with Crippen LogP contribution in [0.5, 0.6) is 0 Å². The third-order valence-corrected chi connectivity index (χ3v) is 4.40. The molecule has 0 fully saturated rings. The van der Waals surface area contributed by atoms with E-state index in [1.807, 2.05) is 6.07 Å². The van der Waals surface area contributed by atoms with Crippen LogP contribution in [0.4, 0.5) is 5.69 Å². The molecule has 1 heterocycles. The maximum absolute atomic E-state index is 5.82. The fourth-order valence-corrected chi connectivity index (χ4v) is 2.52. The Labute approximate surface area is 186 Å². The molecule has 0 aliphatic heterocycles. The number of hydrogen-bond donors (Lipinski definition) is 2. The van der Waals surface area contributed by atoms with Crippen molar-refractivity contribution >= 4 is 35.6 Å². The molecule has 28 heavy (non-hydrogen) atoms. The number of likely N-dealkylation sites (N-methyl/N-ethyl adjacent to an activating group) is 1. The van der Waals surface area contributed by atoms with Crippen molar-refractivity contribution in [2.24, 2.45) is 4.99 Å². The van der Waals surface area contributed by atoms with Gasteiger partial charge < -0.3 is 20.0 Å². The van der Waals surface area contributed by atoms with Crippen molar-refractivity contribution in [1.29, 1.82) is 0 Å². The van der Waals surface area contributed by atoms with Crippen molar-refractivity contribution in [2.45, 2.75) is 52.6 Å². The van der Waals surface area contributed by atoms with E-state index >= 15 is 0 Å². The van der Waals surface area contributed by atoms with Crippen molar-refractivity contribution in [3.8, 4) is 0 Å². The van der Waals surface area contributed by atoms with E-state index in [1.54, 1.807) is 6.20 Å². The molecule has 1 unspecified atom stereocenters. The molecule has 0 bridgehead atoms. The molecule has 6 nitrogen and oxygen atoms in total. The van der Waals surface area contributed by atoms with Crippen molar-refractivity contribution in [2.75, 3.05) is 25.0 Å². The van der Waals surface area contributed by atoms with Crippen molar-refractivity contribution in [3.05, 3.63) is 48.2 Å². The predicted molar refractivity (Wildman–Crippen MR) is 128 cm³/mol. The average molecular weight is 499 g/mol. The quantitative estimate of drug-likeness (QED) is 0.340. The highest BCUT2D eigenvalue weighted by Crippen LogP contribution is 2.22. The molecule has 1 aromatic carbocycles. The van der Waals surface area contributed by atoms with E-state index in [0.717, 1.165) is 24.8 Å². The molecule has 7 heteroatoms. The Hall–Kier alpha value is -1.77. The number of benzene rings is 1. The summed E-state index contributed by atoms with van der Waals surface area (Å²) in [7, 11) is 2.10. The van der Waals surface area contributed by atoms with Gasteiger partial charge in [0.15, 0.2) is 5.96 Å². The molecule has 0 saturated carbocycles. The van der Waals surface area contributed by atoms with Crippen LogP contribution in [0.25, 0.3) is 0 Å². The normalized spacial score (nSPS) is 12.9. The van der Waals surface area contributed by atoms with Crippen LogP contribution in [0.15, 0.2) is 45.9 Å². The van der Waals surface area contributed by atoms with Crippen LogP contribution in [-0.4, -0.2) is 37.1 Å². The van der Waals surface area contributed by atoms with E-state index < -0.39 is 0 Å². The number of nitrogens with zero attached hydrogens (tertiary/aromatic N) is 3. The lowest BCUT2D eigenvalue weighted by Crippen LogP contribution is -2.45. The average Bonchev–Trinajstić information content (AvgIpc) is 3.13. The second-order valence-corrected chi connectivity index (χ2v) is 7.74. The van der Waals surface area contributed by atoms with Gasteiger partial charge in [-0.05, 0) is 26.0 Å². The van der Waals surface area contributed by atoms with E-state index in [1.165, 1.54) is 5.69 Å². The Morgan fingerprint density at radius 1 is 1.21 bits per heavy atom. The molecule has 0 radical (unpaired) electrons. The summed E-state index contributed by atoms with van der Waals surface area (Å²) in [4.78, 5) is 11.2. The Balaban J connectivity index is 0.00000392. The second-order valence-electron chi connectivity index (χ2n) is 7.74. The molecule has 2 N–H and O–H groups in total. The molecular formula is C21H34IN5O. The maximum atomic E-state index is 5.82. The Morgan fingerprint density at radius 2 is 1.89 bits per heavy atom. The molecule has 0 aliphatic carbocycles. The lowest BCUT2D eigenvalue weighted by molar-refractivity contribution is 0.383. The molecule has 0 spiro atoms. The Morgan fingerprint density at radius 3 is 2.46 bits per heavy atom. The number of guanidine groups is 1. The molecular weight excluding hydrogens is 465 g/mol. The SMILES string of the molecule is CCNC(=NCc1ncc(C(C)(C)C)o1)NCC(C)N(C)c1ccccc1.I. The third-order valence-electron chi connectivity index (χ3n) is 4.40. The highest BCUT2D eigenvalue weighted by molar-refractivity contribution is 14.0. The van der Waals surface area contributed by atoms with Gasteiger partial charge in [0.1, 0.15) is 12.3 Å². The minimum absolute atomic E-state index is 0. The largest absolute Gasteiger partial charge is 0.443 e. The number of anilines is 1. The monoisotopic (exact) mass is 499 g/mol. The van der Waals surface area contributed by atoms with Gasteiger partial charge in [-0.2, -0.15) is 0 Å². The summed E-state index contributed by atoms with van der Waals surface area (Å²) in [5, 5.41) is 6.68. The van der Waals surface area contributed by atoms with Crippen molar-refractivity contribution < 1.29 is 4.42 Å². The minimum atomic E-state index is -0.0465. The maximum Gasteiger partial charge on any atom is 0.216 e. The number of hydrogen-bond acceptors (Lipinski definition) is 4. The number of oxazole rings is 1. The fourth-order valence-electron chi connectivity index (χ4n) is 2.52. The first-order valence-corrected chi connectivity index (χ1v) is 9.56. The zero-order chi connectivity index (χ0) is 19.9. The zero-order valence-electron chi connectivity index (χ0n) is 17.8. The number of nitrogens with one attached hydrogen (secondary N) is 2. The third kappa shape index (κ3) is 7.33. The van der Waals surface area contributed by atoms with Gasteiger partial charge in [-0.1, -0.05) is 39.0 Å². The van der Waals surface area contributed by atoms with Crippen LogP contribution in [0.2, 0.25) is 0 Å². The van der Waals surface area contributed by atoms with Gasteiger partial charge in [-0.25, -0.2) is 9.98 Å². The number of aliphatic imine (C=N–C) groups is 1. The number of rotatable bonds is 7. The predicted octanol–water partition coefficient (Wildman–Crippen LogP) is 4.17. The van der Waals surface area contributed by atoms with Gasteiger partial charge in [0.05, 0.1) is 6.20 Å². The Kier molecular flexibility index (Phi) is 9.78. The van der Waals surface area contributed by atoms with Gasteiger partial charge >= 0.3 is 0 Å². The van der Waals surface area contributed by atoms with Gasteiger partial charge in [-0.3, -0.25) is 0 Å². The van der Waals surface area contributed by atoms with Crippen molar-refractivity contribution in [1.82, 2.24) is 15.6 Å². The summed E-state index contributed by atoms with van der Waals surface area (Å²) < 4.78 is 5.82. The van der Waals surface area contributed by atoms with Gasteiger partial charge in [0.25, 0.3) is 0 Å². The summed E-state index contributed by atoms with van der Waals surface area (Å²) >= 11 is 0. The van der Waals surface area contributed by atoms with E-state index in [-0.39, 0.29) is 29.4 Å².